The molecule has 0 radical (unpaired) electrons. The Morgan fingerprint density at radius 3 is 2.71 bits per heavy atom. The highest BCUT2D eigenvalue weighted by molar-refractivity contribution is 7.92. The number of sulfone groups is 1. The Kier molecular flexibility index (Phi) is 4.40. The monoisotopic (exact) mass is 316 g/mol. The fourth-order valence-electron chi connectivity index (χ4n) is 2.51. The number of anilines is 2. The van der Waals surface area contributed by atoms with E-state index in [2.05, 4.69) is 10.3 Å². The Bertz CT molecular complexity index is 735. The van der Waals surface area contributed by atoms with Gasteiger partial charge in [0.05, 0.1) is 11.0 Å². The largest absolute Gasteiger partial charge is 0.383 e. The summed E-state index contributed by atoms with van der Waals surface area (Å²) < 4.78 is 24.8. The van der Waals surface area contributed by atoms with E-state index in [-0.39, 0.29) is 23.8 Å². The first kappa shape index (κ1) is 15.6. The molecule has 8 nitrogen and oxygen atoms in total. The van der Waals surface area contributed by atoms with Gasteiger partial charge in [-0.15, -0.1) is 0 Å². The van der Waals surface area contributed by atoms with E-state index in [0.717, 1.165) is 0 Å². The van der Waals surface area contributed by atoms with Gasteiger partial charge in [-0.05, 0) is 19.3 Å². The number of aromatic nitrogens is 2. The summed E-state index contributed by atoms with van der Waals surface area (Å²) in [7, 11) is -3.10. The summed E-state index contributed by atoms with van der Waals surface area (Å²) in [5.74, 6) is 0.224. The molecule has 0 bridgehead atoms. The highest BCUT2D eigenvalue weighted by Gasteiger charge is 2.31. The minimum atomic E-state index is -3.10. The SMILES string of the molecule is CCCn1c(N)c(NCC2CCCS2(=O)=O)c(=O)[nH]c1=O. The van der Waals surface area contributed by atoms with Gasteiger partial charge < -0.3 is 11.1 Å². The number of nitrogens with two attached hydrogens (primary N) is 1. The highest BCUT2D eigenvalue weighted by Crippen LogP contribution is 2.21. The maximum absolute atomic E-state index is 11.8. The molecule has 1 fully saturated rings. The molecule has 1 aliphatic rings. The van der Waals surface area contributed by atoms with Crippen LogP contribution in [0.5, 0.6) is 0 Å². The average molecular weight is 316 g/mol. The quantitative estimate of drug-likeness (QED) is 0.673. The zero-order chi connectivity index (χ0) is 15.6. The number of nitrogen functional groups attached to an aromatic ring is 1. The van der Waals surface area contributed by atoms with Gasteiger partial charge in [-0.1, -0.05) is 6.92 Å². The Hall–Kier alpha value is -1.77. The van der Waals surface area contributed by atoms with Gasteiger partial charge in [0.15, 0.2) is 9.84 Å². The number of H-pyrrole nitrogens is 1. The van der Waals surface area contributed by atoms with E-state index < -0.39 is 26.3 Å². The number of rotatable bonds is 5. The number of hydrogen-bond acceptors (Lipinski definition) is 6. The average Bonchev–Trinajstić information content (AvgIpc) is 2.73. The molecule has 118 valence electrons. The van der Waals surface area contributed by atoms with Gasteiger partial charge in [0.25, 0.3) is 5.56 Å². The van der Waals surface area contributed by atoms with Crippen molar-refractivity contribution in [1.29, 1.82) is 0 Å². The Morgan fingerprint density at radius 1 is 1.43 bits per heavy atom. The van der Waals surface area contributed by atoms with Crippen LogP contribution in [0.1, 0.15) is 26.2 Å². The zero-order valence-electron chi connectivity index (χ0n) is 11.9. The van der Waals surface area contributed by atoms with Gasteiger partial charge in [-0.25, -0.2) is 13.2 Å². The fraction of sp³-hybridized carbons (Fsp3) is 0.667. The van der Waals surface area contributed by atoms with E-state index in [9.17, 15) is 18.0 Å². The summed E-state index contributed by atoms with van der Waals surface area (Å²) in [6.07, 6.45) is 1.89. The molecule has 0 aromatic carbocycles. The van der Waals surface area contributed by atoms with E-state index >= 15 is 0 Å². The van der Waals surface area contributed by atoms with Gasteiger partial charge in [0, 0.05) is 13.1 Å². The van der Waals surface area contributed by atoms with E-state index in [1.807, 2.05) is 6.92 Å². The topological polar surface area (TPSA) is 127 Å². The lowest BCUT2D eigenvalue weighted by Gasteiger charge is -2.15. The Morgan fingerprint density at radius 2 is 2.14 bits per heavy atom. The summed E-state index contributed by atoms with van der Waals surface area (Å²) in [6, 6.07) is 0. The zero-order valence-corrected chi connectivity index (χ0v) is 12.7. The molecular weight excluding hydrogens is 296 g/mol. The maximum atomic E-state index is 11.8. The van der Waals surface area contributed by atoms with Crippen LogP contribution < -0.4 is 22.3 Å². The predicted octanol–water partition coefficient (Wildman–Crippen LogP) is -0.482. The van der Waals surface area contributed by atoms with Crippen molar-refractivity contribution in [1.82, 2.24) is 9.55 Å². The van der Waals surface area contributed by atoms with Crippen molar-refractivity contribution in [3.05, 3.63) is 20.8 Å². The number of nitrogens with one attached hydrogen (secondary N) is 2. The summed E-state index contributed by atoms with van der Waals surface area (Å²) in [4.78, 5) is 25.7. The first-order valence-corrected chi connectivity index (χ1v) is 8.66. The molecule has 1 aromatic rings. The molecule has 1 saturated heterocycles. The van der Waals surface area contributed by atoms with E-state index in [1.165, 1.54) is 4.57 Å². The molecule has 4 N–H and O–H groups in total. The van der Waals surface area contributed by atoms with Crippen LogP contribution in [-0.4, -0.2) is 35.5 Å². The van der Waals surface area contributed by atoms with E-state index in [4.69, 9.17) is 5.73 Å². The number of aromatic amines is 1. The molecule has 0 aliphatic carbocycles. The van der Waals surface area contributed by atoms with Gasteiger partial charge in [0.2, 0.25) is 0 Å². The minimum absolute atomic E-state index is 0.0426. The predicted molar refractivity (Wildman–Crippen MR) is 81.3 cm³/mol. The summed E-state index contributed by atoms with van der Waals surface area (Å²) in [5.41, 5.74) is 4.73. The second kappa shape index (κ2) is 5.92. The summed E-state index contributed by atoms with van der Waals surface area (Å²) in [5, 5.41) is 2.29. The fourth-order valence-corrected chi connectivity index (χ4v) is 4.27. The number of nitrogens with zero attached hydrogens (tertiary/aromatic N) is 1. The molecule has 1 aliphatic heterocycles. The Labute approximate surface area is 122 Å². The van der Waals surface area contributed by atoms with Gasteiger partial charge >= 0.3 is 5.69 Å². The second-order valence-electron chi connectivity index (χ2n) is 5.18. The van der Waals surface area contributed by atoms with Crippen LogP contribution in [0.2, 0.25) is 0 Å². The van der Waals surface area contributed by atoms with Crippen molar-refractivity contribution in [3.8, 4) is 0 Å². The lowest BCUT2D eigenvalue weighted by molar-refractivity contribution is 0.591. The van der Waals surface area contributed by atoms with E-state index in [0.29, 0.717) is 25.8 Å². The first-order chi connectivity index (χ1) is 9.86. The molecule has 0 amide bonds. The lowest BCUT2D eigenvalue weighted by Crippen LogP contribution is -2.35. The van der Waals surface area contributed by atoms with Crippen LogP contribution in [0.15, 0.2) is 9.59 Å². The molecular formula is C12H20N4O4S. The van der Waals surface area contributed by atoms with Crippen molar-refractivity contribution in [3.63, 3.8) is 0 Å². The number of hydrogen-bond donors (Lipinski definition) is 3. The molecule has 9 heteroatoms. The lowest BCUT2D eigenvalue weighted by atomic mass is 10.2. The normalized spacial score (nSPS) is 20.5. The van der Waals surface area contributed by atoms with Gasteiger partial charge in [-0.3, -0.25) is 14.3 Å². The van der Waals surface area contributed by atoms with Crippen LogP contribution in [-0.2, 0) is 16.4 Å². The van der Waals surface area contributed by atoms with E-state index in [1.54, 1.807) is 0 Å². The molecule has 21 heavy (non-hydrogen) atoms. The van der Waals surface area contributed by atoms with Crippen molar-refractivity contribution < 1.29 is 8.42 Å². The van der Waals surface area contributed by atoms with Crippen LogP contribution in [0, 0.1) is 0 Å². The Balaban J connectivity index is 2.26. The van der Waals surface area contributed by atoms with Crippen molar-refractivity contribution >= 4 is 21.3 Å². The first-order valence-electron chi connectivity index (χ1n) is 6.95. The van der Waals surface area contributed by atoms with Gasteiger partial charge in [0.1, 0.15) is 11.5 Å². The highest BCUT2D eigenvalue weighted by atomic mass is 32.2. The molecule has 1 atom stereocenters. The molecule has 0 saturated carbocycles. The van der Waals surface area contributed by atoms with Crippen LogP contribution in [0.25, 0.3) is 0 Å². The minimum Gasteiger partial charge on any atom is -0.383 e. The van der Waals surface area contributed by atoms with Crippen molar-refractivity contribution in [2.24, 2.45) is 0 Å². The van der Waals surface area contributed by atoms with Crippen LogP contribution >= 0.6 is 0 Å². The third-order valence-corrected chi connectivity index (χ3v) is 5.93. The van der Waals surface area contributed by atoms with Crippen LogP contribution in [0.4, 0.5) is 11.5 Å². The van der Waals surface area contributed by atoms with Crippen LogP contribution in [0.3, 0.4) is 0 Å². The van der Waals surface area contributed by atoms with Crippen molar-refractivity contribution in [2.45, 2.75) is 38.0 Å². The standard InChI is InChI=1S/C12H20N4O4S/c1-2-5-16-10(13)9(11(17)15-12(16)18)14-7-8-4-3-6-21(8,19)20/h8,14H,2-7,13H2,1H3,(H,15,17,18). The summed E-state index contributed by atoms with van der Waals surface area (Å²) in [6.45, 7) is 2.40. The smallest absolute Gasteiger partial charge is 0.330 e. The third-order valence-electron chi connectivity index (χ3n) is 3.66. The molecule has 0 spiro atoms. The second-order valence-corrected chi connectivity index (χ2v) is 7.58. The van der Waals surface area contributed by atoms with Gasteiger partial charge in [-0.2, -0.15) is 0 Å². The molecule has 1 unspecified atom stereocenters. The third kappa shape index (κ3) is 3.12. The maximum Gasteiger partial charge on any atom is 0.330 e. The van der Waals surface area contributed by atoms with Crippen molar-refractivity contribution in [2.75, 3.05) is 23.3 Å². The molecule has 1 aromatic heterocycles. The molecule has 2 rings (SSSR count). The summed E-state index contributed by atoms with van der Waals surface area (Å²) >= 11 is 0. The molecule has 2 heterocycles.